The Morgan fingerprint density at radius 1 is 1.08 bits per heavy atom. The van der Waals surface area contributed by atoms with Crippen LogP contribution in [-0.4, -0.2) is 79.2 Å². The zero-order valence-electron chi connectivity index (χ0n) is 28.0. The first-order valence-corrected chi connectivity index (χ1v) is 17.0. The zero-order valence-corrected chi connectivity index (χ0v) is 28.0. The summed E-state index contributed by atoms with van der Waals surface area (Å²) in [5.74, 6) is -7.85. The molecule has 3 aromatic rings. The number of nitrogens with zero attached hydrogens (tertiary/aromatic N) is 6. The molecule has 2 saturated heterocycles. The molecule has 1 saturated carbocycles. The van der Waals surface area contributed by atoms with Crippen molar-refractivity contribution < 1.29 is 49.4 Å². The fourth-order valence-electron chi connectivity index (χ4n) is 6.90. The van der Waals surface area contributed by atoms with Crippen LogP contribution in [0.25, 0.3) is 5.78 Å². The summed E-state index contributed by atoms with van der Waals surface area (Å²) in [6.07, 6.45) is -7.21. The topological polar surface area (TPSA) is 128 Å². The molecule has 0 bridgehead atoms. The monoisotopic (exact) mass is 736 g/mol. The predicted molar refractivity (Wildman–Crippen MR) is 165 cm³/mol. The van der Waals surface area contributed by atoms with Crippen molar-refractivity contribution in [2.45, 2.75) is 102 Å². The van der Waals surface area contributed by atoms with Crippen LogP contribution in [-0.2, 0) is 22.5 Å². The van der Waals surface area contributed by atoms with Crippen molar-refractivity contribution in [2.24, 2.45) is 17.8 Å². The summed E-state index contributed by atoms with van der Waals surface area (Å²) >= 11 is 0. The van der Waals surface area contributed by atoms with E-state index in [0.717, 1.165) is 12.3 Å². The zero-order chi connectivity index (χ0) is 37.1. The molecule has 1 aliphatic carbocycles. The third-order valence-corrected chi connectivity index (χ3v) is 9.52. The Balaban J connectivity index is 0.00000248. The molecule has 51 heavy (non-hydrogen) atoms. The number of rotatable bonds is 8. The Hall–Kier alpha value is -3.90. The molecular formula is C32H40F8N8O3. The number of carbonyl (C=O) groups is 2. The van der Waals surface area contributed by atoms with Crippen LogP contribution in [0.15, 0.2) is 18.5 Å². The lowest BCUT2D eigenvalue weighted by Crippen LogP contribution is -2.47. The molecular weight excluding hydrogens is 696 g/mol. The van der Waals surface area contributed by atoms with E-state index in [1.807, 2.05) is 13.8 Å². The SMILES string of the molecule is CC.O=C(NC(c1cn2nc(CC3CC(C(F)(F)F)CNC3=O)c(C3CCOCC3)nc2n1)C1CCC(F)(F)CC1)c1ccnn1CC(F)(F)F. The fourth-order valence-corrected chi connectivity index (χ4v) is 6.90. The van der Waals surface area contributed by atoms with Gasteiger partial charge in [-0.25, -0.2) is 23.3 Å². The average molecular weight is 737 g/mol. The molecule has 5 heterocycles. The Bertz CT molecular complexity index is 1660. The van der Waals surface area contributed by atoms with Gasteiger partial charge in [-0.2, -0.15) is 36.5 Å². The molecule has 2 aliphatic heterocycles. The van der Waals surface area contributed by atoms with Gasteiger partial charge in [0, 0.05) is 57.1 Å². The van der Waals surface area contributed by atoms with Crippen LogP contribution in [0.3, 0.4) is 0 Å². The van der Waals surface area contributed by atoms with E-state index >= 15 is 0 Å². The average Bonchev–Trinajstić information content (AvgIpc) is 3.71. The summed E-state index contributed by atoms with van der Waals surface area (Å²) in [6.45, 7) is 2.77. The van der Waals surface area contributed by atoms with Gasteiger partial charge in [0.05, 0.1) is 35.2 Å². The lowest BCUT2D eigenvalue weighted by Gasteiger charge is -2.33. The Morgan fingerprint density at radius 2 is 1.76 bits per heavy atom. The van der Waals surface area contributed by atoms with Crippen molar-refractivity contribution in [3.8, 4) is 0 Å². The summed E-state index contributed by atoms with van der Waals surface area (Å²) in [7, 11) is 0. The van der Waals surface area contributed by atoms with E-state index in [0.29, 0.717) is 42.1 Å². The second kappa shape index (κ2) is 15.4. The maximum atomic E-state index is 14.1. The van der Waals surface area contributed by atoms with Crippen LogP contribution >= 0.6 is 0 Å². The third kappa shape index (κ3) is 9.32. The second-order valence-corrected chi connectivity index (χ2v) is 13.0. The van der Waals surface area contributed by atoms with Crippen LogP contribution in [0, 0.1) is 17.8 Å². The first kappa shape index (κ1) is 38.3. The highest BCUT2D eigenvalue weighted by molar-refractivity contribution is 5.92. The van der Waals surface area contributed by atoms with E-state index in [1.165, 1.54) is 10.7 Å². The summed E-state index contributed by atoms with van der Waals surface area (Å²) in [6, 6.07) is 0.0740. The van der Waals surface area contributed by atoms with Crippen LogP contribution in [0.1, 0.15) is 98.3 Å². The predicted octanol–water partition coefficient (Wildman–Crippen LogP) is 5.96. The number of aromatic nitrogens is 6. The summed E-state index contributed by atoms with van der Waals surface area (Å²) < 4.78 is 116. The first-order chi connectivity index (χ1) is 24.1. The highest BCUT2D eigenvalue weighted by Gasteiger charge is 2.45. The standard InChI is InChI=1S/C30H34F8N8O3.C2H6/c31-28(32)6-1-16(2-7-28)24(42-26(48)22-3-8-40-46(22)15-29(33,34)35)21-14-45-27(41-21)43-23(17-4-9-49-10-5-17)20(44-45)12-18-11-19(30(36,37)38)13-39-25(18)47;1-2/h3,8,14,16-19,24H,1-2,4-7,9-13,15H2,(H,39,47)(H,42,48);1-2H3. The normalized spacial score (nSPS) is 22.6. The van der Waals surface area contributed by atoms with Crippen molar-refractivity contribution in [1.29, 1.82) is 0 Å². The van der Waals surface area contributed by atoms with E-state index in [4.69, 9.17) is 9.72 Å². The van der Waals surface area contributed by atoms with Gasteiger partial charge in [0.1, 0.15) is 12.2 Å². The van der Waals surface area contributed by atoms with Gasteiger partial charge < -0.3 is 15.4 Å². The summed E-state index contributed by atoms with van der Waals surface area (Å²) in [4.78, 5) is 35.4. The van der Waals surface area contributed by atoms with Crippen LogP contribution in [0.5, 0.6) is 0 Å². The van der Waals surface area contributed by atoms with Gasteiger partial charge in [0.25, 0.3) is 11.7 Å². The number of fused-ring (bicyclic) bond motifs is 1. The minimum atomic E-state index is -4.67. The molecule has 2 amide bonds. The number of hydrogen-bond donors (Lipinski definition) is 2. The van der Waals surface area contributed by atoms with Crippen molar-refractivity contribution in [3.63, 3.8) is 0 Å². The molecule has 19 heteroatoms. The number of piperidine rings is 1. The lowest BCUT2D eigenvalue weighted by atomic mass is 9.81. The van der Waals surface area contributed by atoms with Crippen LogP contribution in [0.2, 0.25) is 0 Å². The van der Waals surface area contributed by atoms with E-state index < -0.39 is 91.9 Å². The number of hydrogen-bond acceptors (Lipinski definition) is 7. The van der Waals surface area contributed by atoms with Crippen molar-refractivity contribution in [3.05, 3.63) is 41.2 Å². The van der Waals surface area contributed by atoms with Gasteiger partial charge in [-0.1, -0.05) is 13.8 Å². The van der Waals surface area contributed by atoms with Gasteiger partial charge in [-0.05, 0) is 44.1 Å². The molecule has 3 aromatic heterocycles. The largest absolute Gasteiger partial charge is 0.408 e. The Kier molecular flexibility index (Phi) is 11.6. The molecule has 3 aliphatic rings. The highest BCUT2D eigenvalue weighted by Crippen LogP contribution is 2.42. The molecule has 0 spiro atoms. The number of halogens is 8. The number of amides is 2. The number of alkyl halides is 8. The maximum absolute atomic E-state index is 14.1. The molecule has 3 unspecified atom stereocenters. The Labute approximate surface area is 287 Å². The first-order valence-electron chi connectivity index (χ1n) is 17.0. The molecule has 3 atom stereocenters. The maximum Gasteiger partial charge on any atom is 0.408 e. The summed E-state index contributed by atoms with van der Waals surface area (Å²) in [5, 5.41) is 13.3. The fraction of sp³-hybridized carbons (Fsp3) is 0.688. The molecule has 0 aromatic carbocycles. The van der Waals surface area contributed by atoms with Gasteiger partial charge in [0.2, 0.25) is 11.8 Å². The Morgan fingerprint density at radius 3 is 2.41 bits per heavy atom. The highest BCUT2D eigenvalue weighted by atomic mass is 19.4. The minimum Gasteiger partial charge on any atom is -0.381 e. The number of ether oxygens (including phenoxy) is 1. The van der Waals surface area contributed by atoms with Crippen molar-refractivity contribution >= 4 is 17.6 Å². The van der Waals surface area contributed by atoms with Gasteiger partial charge in [-0.3, -0.25) is 14.3 Å². The van der Waals surface area contributed by atoms with E-state index in [2.05, 4.69) is 25.8 Å². The number of carbonyl (C=O) groups excluding carboxylic acids is 2. The van der Waals surface area contributed by atoms with E-state index in [-0.39, 0.29) is 36.7 Å². The lowest BCUT2D eigenvalue weighted by molar-refractivity contribution is -0.183. The molecule has 282 valence electrons. The third-order valence-electron chi connectivity index (χ3n) is 9.52. The molecule has 6 rings (SSSR count). The quantitative estimate of drug-likeness (QED) is 0.274. The molecule has 2 N–H and O–H groups in total. The molecule has 3 fully saturated rings. The second-order valence-electron chi connectivity index (χ2n) is 13.0. The van der Waals surface area contributed by atoms with Gasteiger partial charge in [0.15, 0.2) is 0 Å². The van der Waals surface area contributed by atoms with E-state index in [1.54, 1.807) is 0 Å². The van der Waals surface area contributed by atoms with E-state index in [9.17, 15) is 44.7 Å². The molecule has 0 radical (unpaired) electrons. The smallest absolute Gasteiger partial charge is 0.381 e. The minimum absolute atomic E-state index is 0.0236. The van der Waals surface area contributed by atoms with Gasteiger partial charge >= 0.3 is 12.4 Å². The number of nitrogens with one attached hydrogen (secondary N) is 2. The van der Waals surface area contributed by atoms with Crippen molar-refractivity contribution in [1.82, 2.24) is 40.0 Å². The molecule has 11 nitrogen and oxygen atoms in total. The van der Waals surface area contributed by atoms with Crippen LogP contribution in [0.4, 0.5) is 35.1 Å². The van der Waals surface area contributed by atoms with Crippen LogP contribution < -0.4 is 10.6 Å². The van der Waals surface area contributed by atoms with Gasteiger partial charge in [-0.15, -0.1) is 0 Å². The number of imidazole rings is 1. The van der Waals surface area contributed by atoms with Crippen molar-refractivity contribution in [2.75, 3.05) is 19.8 Å². The summed E-state index contributed by atoms with van der Waals surface area (Å²) in [5.41, 5.74) is 0.507.